The van der Waals surface area contributed by atoms with Crippen LogP contribution in [0.5, 0.6) is 0 Å². The van der Waals surface area contributed by atoms with Gasteiger partial charge < -0.3 is 15.7 Å². The highest BCUT2D eigenvalue weighted by molar-refractivity contribution is 7.07. The van der Waals surface area contributed by atoms with Crippen molar-refractivity contribution in [2.24, 2.45) is 11.7 Å². The molecule has 1 fully saturated rings. The predicted molar refractivity (Wildman–Crippen MR) is 108 cm³/mol. The lowest BCUT2D eigenvalue weighted by atomic mass is 9.85. The molecule has 26 heavy (non-hydrogen) atoms. The normalized spacial score (nSPS) is 20.8. The summed E-state index contributed by atoms with van der Waals surface area (Å²) < 4.78 is 0. The lowest BCUT2D eigenvalue weighted by Crippen LogP contribution is -2.42. The van der Waals surface area contributed by atoms with Crippen molar-refractivity contribution >= 4 is 29.7 Å². The molecular weight excluding hydrogens is 368 g/mol. The smallest absolute Gasteiger partial charge is 0.226 e. The van der Waals surface area contributed by atoms with Crippen molar-refractivity contribution in [1.29, 1.82) is 0 Å². The van der Waals surface area contributed by atoms with Gasteiger partial charge in [-0.25, -0.2) is 0 Å². The van der Waals surface area contributed by atoms with Gasteiger partial charge in [0.05, 0.1) is 12.6 Å². The van der Waals surface area contributed by atoms with Crippen LogP contribution in [0.25, 0.3) is 0 Å². The van der Waals surface area contributed by atoms with Crippen LogP contribution in [0.2, 0.25) is 0 Å². The van der Waals surface area contributed by atoms with Crippen LogP contribution in [0.3, 0.4) is 0 Å². The van der Waals surface area contributed by atoms with E-state index in [-0.39, 0.29) is 30.3 Å². The van der Waals surface area contributed by atoms with E-state index in [0.717, 1.165) is 36.8 Å². The van der Waals surface area contributed by atoms with E-state index in [2.05, 4.69) is 0 Å². The molecule has 0 bridgehead atoms. The quantitative estimate of drug-likeness (QED) is 0.784. The van der Waals surface area contributed by atoms with Crippen LogP contribution in [-0.4, -0.2) is 28.5 Å². The first kappa shape index (κ1) is 20.9. The summed E-state index contributed by atoms with van der Waals surface area (Å²) in [5, 5.41) is 14.4. The number of thiophene rings is 1. The summed E-state index contributed by atoms with van der Waals surface area (Å²) >= 11 is 1.56. The third-order valence-electron chi connectivity index (χ3n) is 4.91. The summed E-state index contributed by atoms with van der Waals surface area (Å²) in [5.74, 6) is 0.0930. The molecule has 1 aliphatic carbocycles. The topological polar surface area (TPSA) is 66.6 Å². The van der Waals surface area contributed by atoms with Crippen molar-refractivity contribution in [3.63, 3.8) is 0 Å². The number of benzene rings is 1. The van der Waals surface area contributed by atoms with Crippen LogP contribution in [0.1, 0.15) is 42.9 Å². The van der Waals surface area contributed by atoms with Gasteiger partial charge in [0.2, 0.25) is 5.91 Å². The Labute approximate surface area is 165 Å². The molecule has 0 saturated heterocycles. The number of aliphatic hydroxyl groups is 1. The van der Waals surface area contributed by atoms with Gasteiger partial charge in [-0.15, -0.1) is 12.4 Å². The molecule has 1 aromatic carbocycles. The molecule has 1 saturated carbocycles. The fourth-order valence-electron chi connectivity index (χ4n) is 3.53. The maximum atomic E-state index is 13.1. The first-order chi connectivity index (χ1) is 12.1. The zero-order valence-corrected chi connectivity index (χ0v) is 16.4. The first-order valence-electron chi connectivity index (χ1n) is 8.92. The molecule has 6 heteroatoms. The molecule has 0 aliphatic heterocycles. The molecule has 142 valence electrons. The second-order valence-electron chi connectivity index (χ2n) is 6.90. The summed E-state index contributed by atoms with van der Waals surface area (Å²) in [6, 6.07) is 12.0. The van der Waals surface area contributed by atoms with Gasteiger partial charge in [0.1, 0.15) is 0 Å². The minimum absolute atomic E-state index is 0. The van der Waals surface area contributed by atoms with E-state index in [1.807, 2.05) is 47.2 Å². The molecule has 1 aromatic heterocycles. The zero-order chi connectivity index (χ0) is 17.6. The van der Waals surface area contributed by atoms with E-state index in [4.69, 9.17) is 5.73 Å². The Morgan fingerprint density at radius 3 is 2.69 bits per heavy atom. The highest BCUT2D eigenvalue weighted by Crippen LogP contribution is 2.27. The van der Waals surface area contributed by atoms with Gasteiger partial charge in [-0.05, 0) is 47.2 Å². The number of nitrogens with two attached hydrogens (primary N) is 1. The van der Waals surface area contributed by atoms with Gasteiger partial charge in [0, 0.05) is 18.5 Å². The van der Waals surface area contributed by atoms with Gasteiger partial charge >= 0.3 is 0 Å². The molecule has 0 radical (unpaired) electrons. The number of rotatable bonds is 6. The van der Waals surface area contributed by atoms with E-state index >= 15 is 0 Å². The van der Waals surface area contributed by atoms with E-state index in [0.29, 0.717) is 13.1 Å². The number of aliphatic hydroxyl groups excluding tert-OH is 1. The molecular formula is C20H27ClN2O2S. The molecule has 1 heterocycles. The van der Waals surface area contributed by atoms with Gasteiger partial charge in [-0.2, -0.15) is 11.3 Å². The lowest BCUT2D eigenvalue weighted by Gasteiger charge is -2.32. The Hall–Kier alpha value is -1.40. The molecule has 3 unspecified atom stereocenters. The second-order valence-corrected chi connectivity index (χ2v) is 7.68. The summed E-state index contributed by atoms with van der Waals surface area (Å²) in [6.45, 7) is 0.836. The second kappa shape index (κ2) is 10.1. The van der Waals surface area contributed by atoms with Gasteiger partial charge in [-0.3, -0.25) is 4.79 Å². The van der Waals surface area contributed by atoms with Crippen molar-refractivity contribution in [3.05, 3.63) is 58.3 Å². The minimum atomic E-state index is -0.656. The molecule has 0 spiro atoms. The summed E-state index contributed by atoms with van der Waals surface area (Å²) in [5.41, 5.74) is 8.02. The van der Waals surface area contributed by atoms with Crippen LogP contribution in [0, 0.1) is 5.92 Å². The third kappa shape index (κ3) is 5.55. The molecule has 2 aromatic rings. The van der Waals surface area contributed by atoms with E-state index in [1.54, 1.807) is 16.2 Å². The number of amides is 1. The molecule has 1 amide bonds. The zero-order valence-electron chi connectivity index (χ0n) is 14.8. The third-order valence-corrected chi connectivity index (χ3v) is 5.61. The number of hydrogen-bond donors (Lipinski definition) is 2. The number of carbonyl (C=O) groups excluding carboxylic acids is 1. The minimum Gasteiger partial charge on any atom is -0.387 e. The maximum absolute atomic E-state index is 13.1. The lowest BCUT2D eigenvalue weighted by molar-refractivity contribution is -0.139. The van der Waals surface area contributed by atoms with Crippen molar-refractivity contribution in [2.75, 3.05) is 6.54 Å². The average Bonchev–Trinajstić information content (AvgIpc) is 3.16. The van der Waals surface area contributed by atoms with E-state index in [1.165, 1.54) is 0 Å². The molecule has 1 aliphatic rings. The Kier molecular flexibility index (Phi) is 8.10. The Balaban J connectivity index is 0.00000243. The largest absolute Gasteiger partial charge is 0.387 e. The van der Waals surface area contributed by atoms with Crippen molar-refractivity contribution in [2.45, 2.75) is 44.4 Å². The van der Waals surface area contributed by atoms with Crippen molar-refractivity contribution < 1.29 is 9.90 Å². The van der Waals surface area contributed by atoms with Crippen LogP contribution in [-0.2, 0) is 11.3 Å². The Morgan fingerprint density at radius 2 is 2.04 bits per heavy atom. The standard InChI is InChI=1S/C20H26N2O2S.ClH/c21-18-8-4-7-16(11-18)20(24)22(12-15-5-2-1-3-6-15)13-19(23)17-9-10-25-14-17;/h1-3,5-6,9-10,14,16,18-19,23H,4,7-8,11-13,21H2;1H. The van der Waals surface area contributed by atoms with Crippen molar-refractivity contribution in [3.8, 4) is 0 Å². The van der Waals surface area contributed by atoms with Crippen LogP contribution in [0.15, 0.2) is 47.2 Å². The molecule has 3 atom stereocenters. The Morgan fingerprint density at radius 1 is 1.27 bits per heavy atom. The molecule has 4 nitrogen and oxygen atoms in total. The first-order valence-corrected chi connectivity index (χ1v) is 9.86. The fraction of sp³-hybridized carbons (Fsp3) is 0.450. The summed E-state index contributed by atoms with van der Waals surface area (Å²) in [6.07, 6.45) is 2.99. The summed E-state index contributed by atoms with van der Waals surface area (Å²) in [7, 11) is 0. The highest BCUT2D eigenvalue weighted by atomic mass is 35.5. The summed E-state index contributed by atoms with van der Waals surface area (Å²) in [4.78, 5) is 14.9. The number of halogens is 1. The van der Waals surface area contributed by atoms with Crippen LogP contribution < -0.4 is 5.73 Å². The van der Waals surface area contributed by atoms with Gasteiger partial charge in [0.15, 0.2) is 0 Å². The SMILES string of the molecule is Cl.NC1CCCC(C(=O)N(Cc2ccccc2)CC(O)c2ccsc2)C1. The fourth-order valence-corrected chi connectivity index (χ4v) is 4.23. The molecule has 3 rings (SSSR count). The average molecular weight is 395 g/mol. The van der Waals surface area contributed by atoms with Crippen LogP contribution >= 0.6 is 23.7 Å². The van der Waals surface area contributed by atoms with Crippen LogP contribution in [0.4, 0.5) is 0 Å². The monoisotopic (exact) mass is 394 g/mol. The number of hydrogen-bond acceptors (Lipinski definition) is 4. The number of nitrogens with zero attached hydrogens (tertiary/aromatic N) is 1. The predicted octanol–water partition coefficient (Wildman–Crippen LogP) is 3.75. The van der Waals surface area contributed by atoms with Crippen molar-refractivity contribution in [1.82, 2.24) is 4.90 Å². The molecule has 3 N–H and O–H groups in total. The Bertz CT molecular complexity index is 666. The van der Waals surface area contributed by atoms with E-state index < -0.39 is 6.10 Å². The maximum Gasteiger partial charge on any atom is 0.226 e. The van der Waals surface area contributed by atoms with E-state index in [9.17, 15) is 9.90 Å². The highest BCUT2D eigenvalue weighted by Gasteiger charge is 2.30. The number of carbonyl (C=O) groups is 1. The van der Waals surface area contributed by atoms with Gasteiger partial charge in [-0.1, -0.05) is 36.8 Å². The van der Waals surface area contributed by atoms with Gasteiger partial charge in [0.25, 0.3) is 0 Å².